The molecule has 2 heterocycles. The summed E-state index contributed by atoms with van der Waals surface area (Å²) in [6.45, 7) is 1.18. The summed E-state index contributed by atoms with van der Waals surface area (Å²) < 4.78 is 24.1. The average molecular weight is 389 g/mol. The number of carbonyl (C=O) groups is 2. The molecule has 7 heteroatoms. The van der Waals surface area contributed by atoms with Gasteiger partial charge in [0.1, 0.15) is 5.82 Å². The molecule has 1 aliphatic heterocycles. The third-order valence-electron chi connectivity index (χ3n) is 5.04. The zero-order valence-electron chi connectivity index (χ0n) is 14.9. The molecule has 2 aromatic rings. The summed E-state index contributed by atoms with van der Waals surface area (Å²) in [6, 6.07) is 7.76. The second-order valence-electron chi connectivity index (χ2n) is 6.89. The van der Waals surface area contributed by atoms with Gasteiger partial charge in [-0.1, -0.05) is 18.2 Å². The quantitative estimate of drug-likeness (QED) is 0.721. The first-order valence-electron chi connectivity index (χ1n) is 8.96. The fourth-order valence-electron chi connectivity index (χ4n) is 3.54. The summed E-state index contributed by atoms with van der Waals surface area (Å²) >= 11 is 1.41. The van der Waals surface area contributed by atoms with Crippen LogP contribution in [0.1, 0.15) is 34.9 Å². The number of hydrogen-bond donors (Lipinski definition) is 0. The van der Waals surface area contributed by atoms with Crippen molar-refractivity contribution < 1.29 is 23.5 Å². The first kappa shape index (κ1) is 18.1. The Morgan fingerprint density at radius 1 is 1.30 bits per heavy atom. The molecule has 27 heavy (non-hydrogen) atoms. The maximum absolute atomic E-state index is 14.5. The maximum atomic E-state index is 14.5. The highest BCUT2D eigenvalue weighted by Crippen LogP contribution is 2.41. The Labute approximate surface area is 160 Å². The number of benzene rings is 1. The van der Waals surface area contributed by atoms with E-state index in [1.165, 1.54) is 24.5 Å². The topological polar surface area (TPSA) is 55.8 Å². The molecule has 1 atom stereocenters. The van der Waals surface area contributed by atoms with E-state index in [1.807, 2.05) is 11.0 Å². The lowest BCUT2D eigenvalue weighted by Crippen LogP contribution is -2.38. The second-order valence-corrected chi connectivity index (χ2v) is 7.99. The number of carbonyl (C=O) groups excluding carboxylic acids is 2. The summed E-state index contributed by atoms with van der Waals surface area (Å²) in [5.41, 5.74) is 1.45. The van der Waals surface area contributed by atoms with Gasteiger partial charge in [0.05, 0.1) is 13.2 Å². The molecule has 1 aromatic heterocycles. The number of fused-ring (bicyclic) bond motifs is 1. The number of thiophene rings is 1. The molecule has 1 saturated carbocycles. The number of methoxy groups -OCH3 is 1. The fourth-order valence-corrected chi connectivity index (χ4v) is 4.54. The minimum atomic E-state index is -0.751. The van der Waals surface area contributed by atoms with Gasteiger partial charge >= 0.3 is 6.16 Å². The van der Waals surface area contributed by atoms with Crippen molar-refractivity contribution >= 4 is 23.3 Å². The molecule has 1 fully saturated rings. The van der Waals surface area contributed by atoms with Crippen molar-refractivity contribution in [3.63, 3.8) is 0 Å². The van der Waals surface area contributed by atoms with Crippen LogP contribution in [-0.4, -0.2) is 30.5 Å². The molecule has 1 aliphatic carbocycles. The lowest BCUT2D eigenvalue weighted by molar-refractivity contribution is -0.126. The first-order chi connectivity index (χ1) is 13.1. The number of nitrogens with zero attached hydrogens (tertiary/aromatic N) is 1. The molecule has 0 saturated heterocycles. The lowest BCUT2D eigenvalue weighted by atomic mass is 9.95. The monoisotopic (exact) mass is 389 g/mol. The molecular formula is C20H20FNO4S. The number of Topliss-reactive ketones (excluding diaryl/α,β-unsaturated/α-hetero) is 1. The van der Waals surface area contributed by atoms with Gasteiger partial charge in [-0.05, 0) is 37.0 Å². The van der Waals surface area contributed by atoms with Gasteiger partial charge in [-0.25, -0.2) is 9.18 Å². The summed E-state index contributed by atoms with van der Waals surface area (Å²) in [5.74, 6) is -0.205. The third kappa shape index (κ3) is 3.75. The van der Waals surface area contributed by atoms with E-state index in [0.29, 0.717) is 23.7 Å². The van der Waals surface area contributed by atoms with Crippen molar-refractivity contribution in [1.29, 1.82) is 0 Å². The summed E-state index contributed by atoms with van der Waals surface area (Å²) in [5, 5.41) is 0.477. The minimum Gasteiger partial charge on any atom is -0.437 e. The molecule has 0 amide bonds. The van der Waals surface area contributed by atoms with Crippen molar-refractivity contribution in [2.45, 2.75) is 31.8 Å². The fraction of sp³-hybridized carbons (Fsp3) is 0.400. The van der Waals surface area contributed by atoms with E-state index in [4.69, 9.17) is 4.74 Å². The minimum absolute atomic E-state index is 0.0386. The molecule has 0 radical (unpaired) electrons. The highest BCUT2D eigenvalue weighted by atomic mass is 32.1. The molecule has 1 unspecified atom stereocenters. The van der Waals surface area contributed by atoms with E-state index in [-0.39, 0.29) is 17.5 Å². The van der Waals surface area contributed by atoms with Crippen molar-refractivity contribution in [2.24, 2.45) is 5.92 Å². The molecule has 0 N–H and O–H groups in total. The number of ketones is 1. The van der Waals surface area contributed by atoms with Crippen molar-refractivity contribution in [2.75, 3.05) is 13.7 Å². The Morgan fingerprint density at radius 2 is 2.07 bits per heavy atom. The van der Waals surface area contributed by atoms with E-state index >= 15 is 0 Å². The Hall–Kier alpha value is -2.25. The molecular weight excluding hydrogens is 369 g/mol. The van der Waals surface area contributed by atoms with Crippen LogP contribution < -0.4 is 4.74 Å². The predicted octanol–water partition coefficient (Wildman–Crippen LogP) is 4.11. The predicted molar refractivity (Wildman–Crippen MR) is 98.3 cm³/mol. The largest absolute Gasteiger partial charge is 0.514 e. The summed E-state index contributed by atoms with van der Waals surface area (Å²) in [7, 11) is 1.26. The van der Waals surface area contributed by atoms with Gasteiger partial charge in [0.25, 0.3) is 0 Å². The molecule has 4 rings (SSSR count). The van der Waals surface area contributed by atoms with E-state index in [2.05, 4.69) is 4.74 Å². The van der Waals surface area contributed by atoms with Gasteiger partial charge in [-0.3, -0.25) is 9.69 Å². The van der Waals surface area contributed by atoms with Crippen molar-refractivity contribution in [3.05, 3.63) is 52.2 Å². The van der Waals surface area contributed by atoms with Crippen molar-refractivity contribution in [3.8, 4) is 5.06 Å². The zero-order valence-corrected chi connectivity index (χ0v) is 15.8. The van der Waals surface area contributed by atoms with Crippen LogP contribution in [0.3, 0.4) is 0 Å². The SMILES string of the molecule is COC(=O)Oc1cc2c(s1)CCN(C(C(=O)C1CC1)c1ccccc1F)C2. The Balaban J connectivity index is 1.60. The smallest absolute Gasteiger partial charge is 0.437 e. The van der Waals surface area contributed by atoms with Gasteiger partial charge in [-0.2, -0.15) is 0 Å². The van der Waals surface area contributed by atoms with Crippen LogP contribution in [0.15, 0.2) is 30.3 Å². The lowest BCUT2D eigenvalue weighted by Gasteiger charge is -2.34. The van der Waals surface area contributed by atoms with Gasteiger partial charge in [0.2, 0.25) is 0 Å². The summed E-state index contributed by atoms with van der Waals surface area (Å²) in [4.78, 5) is 27.5. The van der Waals surface area contributed by atoms with Gasteiger partial charge in [-0.15, -0.1) is 11.3 Å². The maximum Gasteiger partial charge on any atom is 0.514 e. The Kier molecular flexibility index (Phi) is 4.97. The molecule has 2 aliphatic rings. The van der Waals surface area contributed by atoms with Gasteiger partial charge in [0, 0.05) is 29.4 Å². The van der Waals surface area contributed by atoms with Gasteiger partial charge in [0.15, 0.2) is 10.8 Å². The average Bonchev–Trinajstić information content (AvgIpc) is 3.44. The standard InChI is InChI=1S/C20H20FNO4S/c1-25-20(24)26-17-10-13-11-22(9-8-16(13)27-17)18(19(23)12-6-7-12)14-4-2-3-5-15(14)21/h2-5,10,12,18H,6-9,11H2,1H3. The summed E-state index contributed by atoms with van der Waals surface area (Å²) in [6.07, 6.45) is 1.75. The van der Waals surface area contributed by atoms with Crippen LogP contribution in [0.2, 0.25) is 0 Å². The highest BCUT2D eigenvalue weighted by Gasteiger charge is 2.40. The first-order valence-corrected chi connectivity index (χ1v) is 9.78. The van der Waals surface area contributed by atoms with E-state index in [9.17, 15) is 14.0 Å². The number of hydrogen-bond acceptors (Lipinski definition) is 6. The second kappa shape index (κ2) is 7.40. The van der Waals surface area contributed by atoms with E-state index in [0.717, 1.165) is 29.7 Å². The molecule has 5 nitrogen and oxygen atoms in total. The zero-order chi connectivity index (χ0) is 19.0. The number of rotatable bonds is 5. The Bertz CT molecular complexity index is 877. The molecule has 1 aromatic carbocycles. The van der Waals surface area contributed by atoms with Gasteiger partial charge < -0.3 is 9.47 Å². The van der Waals surface area contributed by atoms with Crippen LogP contribution >= 0.6 is 11.3 Å². The molecule has 0 spiro atoms. The number of ether oxygens (including phenoxy) is 2. The highest BCUT2D eigenvalue weighted by molar-refractivity contribution is 7.14. The van der Waals surface area contributed by atoms with Crippen LogP contribution in [0.25, 0.3) is 0 Å². The van der Waals surface area contributed by atoms with Crippen LogP contribution in [-0.2, 0) is 22.5 Å². The van der Waals surface area contributed by atoms with Crippen LogP contribution in [0.4, 0.5) is 9.18 Å². The third-order valence-corrected chi connectivity index (χ3v) is 6.15. The van der Waals surface area contributed by atoms with Crippen LogP contribution in [0.5, 0.6) is 5.06 Å². The van der Waals surface area contributed by atoms with Crippen molar-refractivity contribution in [1.82, 2.24) is 4.90 Å². The van der Waals surface area contributed by atoms with E-state index < -0.39 is 12.2 Å². The molecule has 142 valence electrons. The Morgan fingerprint density at radius 3 is 2.78 bits per heavy atom. The number of halogens is 1. The normalized spacial score (nSPS) is 17.9. The van der Waals surface area contributed by atoms with E-state index in [1.54, 1.807) is 18.2 Å². The molecule has 0 bridgehead atoms. The van der Waals surface area contributed by atoms with Crippen LogP contribution in [0, 0.1) is 11.7 Å².